The second-order valence-corrected chi connectivity index (χ2v) is 7.38. The predicted molar refractivity (Wildman–Crippen MR) is 126 cm³/mol. The molecule has 0 saturated heterocycles. The molecule has 0 fully saturated rings. The molecule has 170 valence electrons. The second kappa shape index (κ2) is 9.77. The molecule has 0 spiro atoms. The van der Waals surface area contributed by atoms with Gasteiger partial charge in [0.05, 0.1) is 23.3 Å². The summed E-state index contributed by atoms with van der Waals surface area (Å²) in [6, 6.07) is 20.4. The van der Waals surface area contributed by atoms with Crippen molar-refractivity contribution in [2.45, 2.75) is 6.92 Å². The fraction of sp³-hybridized carbons (Fsp3) is 0.0385. The van der Waals surface area contributed by atoms with Crippen molar-refractivity contribution in [3.63, 3.8) is 0 Å². The van der Waals surface area contributed by atoms with Crippen LogP contribution in [0.2, 0.25) is 0 Å². The van der Waals surface area contributed by atoms with Gasteiger partial charge in [0.15, 0.2) is 11.6 Å². The number of anilines is 4. The van der Waals surface area contributed by atoms with Crippen LogP contribution < -0.4 is 10.2 Å². The third-order valence-corrected chi connectivity index (χ3v) is 5.04. The standard InChI is InChI=1S/C26H16F2N6O/c1-16(35)34(24-10-11-31-26(33-24)32-21-8-4-18(15-30)5-9-21)25-22(27)12-20(13-23(25)28)19-6-2-17(14-29)3-7-19/h2-13H,1H3,(H,31,32,33). The van der Waals surface area contributed by atoms with Crippen LogP contribution in [0.15, 0.2) is 72.9 Å². The Balaban J connectivity index is 1.69. The molecule has 0 saturated carbocycles. The van der Waals surface area contributed by atoms with E-state index in [4.69, 9.17) is 10.5 Å². The number of rotatable bonds is 5. The van der Waals surface area contributed by atoms with Crippen LogP contribution in [0, 0.1) is 34.3 Å². The molecular formula is C26H16F2N6O. The number of hydrogen-bond donors (Lipinski definition) is 1. The molecule has 1 amide bonds. The van der Waals surface area contributed by atoms with Crippen LogP contribution in [-0.2, 0) is 4.79 Å². The predicted octanol–water partition coefficient (Wildman–Crippen LogP) is 5.59. The van der Waals surface area contributed by atoms with E-state index in [0.29, 0.717) is 22.4 Å². The van der Waals surface area contributed by atoms with E-state index in [2.05, 4.69) is 15.3 Å². The van der Waals surface area contributed by atoms with Crippen LogP contribution in [-0.4, -0.2) is 15.9 Å². The van der Waals surface area contributed by atoms with Gasteiger partial charge >= 0.3 is 0 Å². The number of aromatic nitrogens is 2. The van der Waals surface area contributed by atoms with Gasteiger partial charge in [0, 0.05) is 24.9 Å². The molecule has 4 rings (SSSR count). The number of halogens is 2. The first-order valence-electron chi connectivity index (χ1n) is 10.3. The highest BCUT2D eigenvalue weighted by atomic mass is 19.1. The van der Waals surface area contributed by atoms with E-state index < -0.39 is 23.2 Å². The lowest BCUT2D eigenvalue weighted by Gasteiger charge is -2.22. The molecule has 1 aromatic heterocycles. The lowest BCUT2D eigenvalue weighted by atomic mass is 10.0. The Hall–Kier alpha value is -5.15. The number of nitrogens with one attached hydrogen (secondary N) is 1. The van der Waals surface area contributed by atoms with Crippen molar-refractivity contribution in [2.75, 3.05) is 10.2 Å². The molecule has 0 bridgehead atoms. The van der Waals surface area contributed by atoms with Crippen molar-refractivity contribution in [1.29, 1.82) is 10.5 Å². The maximum atomic E-state index is 15.2. The van der Waals surface area contributed by atoms with Crippen molar-refractivity contribution in [3.8, 4) is 23.3 Å². The summed E-state index contributed by atoms with van der Waals surface area (Å²) < 4.78 is 30.4. The topological polar surface area (TPSA) is 106 Å². The highest BCUT2D eigenvalue weighted by Gasteiger charge is 2.25. The molecule has 4 aromatic rings. The zero-order chi connectivity index (χ0) is 24.9. The lowest BCUT2D eigenvalue weighted by Crippen LogP contribution is -2.26. The number of hydrogen-bond acceptors (Lipinski definition) is 6. The van der Waals surface area contributed by atoms with Gasteiger partial charge in [0.1, 0.15) is 11.5 Å². The summed E-state index contributed by atoms with van der Waals surface area (Å²) in [5.74, 6) is -2.52. The van der Waals surface area contributed by atoms with Crippen LogP contribution >= 0.6 is 0 Å². The van der Waals surface area contributed by atoms with Crippen LogP contribution in [0.1, 0.15) is 18.1 Å². The second-order valence-electron chi connectivity index (χ2n) is 7.38. The van der Waals surface area contributed by atoms with Crippen LogP contribution in [0.3, 0.4) is 0 Å². The molecule has 0 unspecified atom stereocenters. The molecule has 0 aliphatic heterocycles. The number of carbonyl (C=O) groups is 1. The minimum Gasteiger partial charge on any atom is -0.324 e. The minimum atomic E-state index is -0.959. The molecule has 1 heterocycles. The van der Waals surface area contributed by atoms with Crippen LogP contribution in [0.4, 0.5) is 31.9 Å². The molecule has 0 aliphatic rings. The van der Waals surface area contributed by atoms with Crippen molar-refractivity contribution in [1.82, 2.24) is 9.97 Å². The van der Waals surface area contributed by atoms with Crippen molar-refractivity contribution in [2.24, 2.45) is 0 Å². The van der Waals surface area contributed by atoms with Crippen LogP contribution in [0.25, 0.3) is 11.1 Å². The third-order valence-electron chi connectivity index (χ3n) is 5.04. The summed E-state index contributed by atoms with van der Waals surface area (Å²) in [6.07, 6.45) is 1.35. The first-order valence-corrected chi connectivity index (χ1v) is 10.3. The highest BCUT2D eigenvalue weighted by molar-refractivity contribution is 5.98. The Morgan fingerprint density at radius 1 is 0.886 bits per heavy atom. The molecule has 0 atom stereocenters. The average molecular weight is 466 g/mol. The van der Waals surface area contributed by atoms with Gasteiger partial charge in [-0.25, -0.2) is 13.8 Å². The minimum absolute atomic E-state index is 0.0347. The molecule has 1 N–H and O–H groups in total. The number of nitrogens with zero attached hydrogens (tertiary/aromatic N) is 5. The molecule has 35 heavy (non-hydrogen) atoms. The van der Waals surface area contributed by atoms with E-state index in [9.17, 15) is 4.79 Å². The number of benzene rings is 3. The van der Waals surface area contributed by atoms with E-state index in [1.54, 1.807) is 48.5 Å². The smallest absolute Gasteiger partial charge is 0.229 e. The van der Waals surface area contributed by atoms with Gasteiger partial charge in [-0.15, -0.1) is 0 Å². The monoisotopic (exact) mass is 466 g/mol. The third kappa shape index (κ3) is 4.95. The van der Waals surface area contributed by atoms with Gasteiger partial charge in [-0.1, -0.05) is 12.1 Å². The quantitative estimate of drug-likeness (QED) is 0.411. The van der Waals surface area contributed by atoms with E-state index in [-0.39, 0.29) is 17.3 Å². The Labute approximate surface area is 199 Å². The first-order chi connectivity index (χ1) is 16.9. The summed E-state index contributed by atoms with van der Waals surface area (Å²) in [6.45, 7) is 1.17. The summed E-state index contributed by atoms with van der Waals surface area (Å²) in [5.41, 5.74) is 1.67. The Bertz CT molecular complexity index is 1470. The van der Waals surface area contributed by atoms with Crippen molar-refractivity contribution in [3.05, 3.63) is 95.7 Å². The molecule has 7 nitrogen and oxygen atoms in total. The van der Waals surface area contributed by atoms with E-state index >= 15 is 8.78 Å². The summed E-state index contributed by atoms with van der Waals surface area (Å²) in [5, 5.41) is 20.8. The molecule has 0 radical (unpaired) electrons. The van der Waals surface area contributed by atoms with E-state index in [0.717, 1.165) is 17.0 Å². The van der Waals surface area contributed by atoms with Gasteiger partial charge in [-0.3, -0.25) is 9.69 Å². The van der Waals surface area contributed by atoms with E-state index in [1.807, 2.05) is 12.1 Å². The lowest BCUT2D eigenvalue weighted by molar-refractivity contribution is -0.115. The maximum Gasteiger partial charge on any atom is 0.229 e. The van der Waals surface area contributed by atoms with Crippen molar-refractivity contribution >= 4 is 29.0 Å². The molecule has 9 heteroatoms. The van der Waals surface area contributed by atoms with Gasteiger partial charge in [0.2, 0.25) is 11.9 Å². The normalized spacial score (nSPS) is 10.2. The Morgan fingerprint density at radius 3 is 2.00 bits per heavy atom. The van der Waals surface area contributed by atoms with Crippen LogP contribution in [0.5, 0.6) is 0 Å². The molecule has 3 aromatic carbocycles. The SMILES string of the molecule is CC(=O)N(c1ccnc(Nc2ccc(C#N)cc2)n1)c1c(F)cc(-c2ccc(C#N)cc2)cc1F. The number of amides is 1. The fourth-order valence-electron chi connectivity index (χ4n) is 3.41. The molecule has 0 aliphatic carbocycles. The van der Waals surface area contributed by atoms with Crippen molar-refractivity contribution < 1.29 is 13.6 Å². The first kappa shape index (κ1) is 23.0. The van der Waals surface area contributed by atoms with Gasteiger partial charge < -0.3 is 5.32 Å². The largest absolute Gasteiger partial charge is 0.324 e. The highest BCUT2D eigenvalue weighted by Crippen LogP contribution is 2.34. The summed E-state index contributed by atoms with van der Waals surface area (Å²) >= 11 is 0. The number of carbonyl (C=O) groups excluding carboxylic acids is 1. The summed E-state index contributed by atoms with van der Waals surface area (Å²) in [7, 11) is 0. The van der Waals surface area contributed by atoms with E-state index in [1.165, 1.54) is 19.2 Å². The van der Waals surface area contributed by atoms with Gasteiger partial charge in [-0.05, 0) is 59.7 Å². The Morgan fingerprint density at radius 2 is 1.46 bits per heavy atom. The number of nitriles is 2. The maximum absolute atomic E-state index is 15.2. The molecular weight excluding hydrogens is 450 g/mol. The zero-order valence-electron chi connectivity index (χ0n) is 18.3. The Kier molecular flexibility index (Phi) is 6.43. The van der Waals surface area contributed by atoms with Gasteiger partial charge in [-0.2, -0.15) is 15.5 Å². The van der Waals surface area contributed by atoms with Gasteiger partial charge in [0.25, 0.3) is 0 Å². The fourth-order valence-corrected chi connectivity index (χ4v) is 3.41. The summed E-state index contributed by atoms with van der Waals surface area (Å²) in [4.78, 5) is 21.6. The zero-order valence-corrected chi connectivity index (χ0v) is 18.3. The average Bonchev–Trinajstić information content (AvgIpc) is 2.86.